The molecule has 0 atom stereocenters. The second-order valence-corrected chi connectivity index (χ2v) is 7.68. The number of fused-ring (bicyclic) bond motifs is 1. The number of hydrogen-bond acceptors (Lipinski definition) is 7. The number of halogens is 3. The highest BCUT2D eigenvalue weighted by Gasteiger charge is 2.33. The number of ether oxygens (including phenoxy) is 1. The summed E-state index contributed by atoms with van der Waals surface area (Å²) in [6.45, 7) is 2.26. The molecule has 1 saturated carbocycles. The number of nitrogens with zero attached hydrogens (tertiary/aromatic N) is 5. The Hall–Kier alpha value is -3.41. The maximum atomic E-state index is 13.3. The standard InChI is InChI=1S/C20H20F3N7O2/c21-20(22,23)12-10-15(25-13-3-4-13)30-16(11-12)26-19(28-30)27-18(31)14-2-1-5-24-17(14)29-6-8-32-9-7-29/h1-2,5,10-11,13,25H,3-4,6-9H2,(H,27,28,31). The molecule has 1 aliphatic carbocycles. The maximum absolute atomic E-state index is 13.3. The van der Waals surface area contributed by atoms with Gasteiger partial charge in [0.2, 0.25) is 5.95 Å². The number of pyridine rings is 2. The van der Waals surface area contributed by atoms with E-state index >= 15 is 0 Å². The summed E-state index contributed by atoms with van der Waals surface area (Å²) < 4.78 is 46.6. The van der Waals surface area contributed by atoms with Crippen LogP contribution in [0.25, 0.3) is 5.65 Å². The van der Waals surface area contributed by atoms with Gasteiger partial charge in [0.15, 0.2) is 5.65 Å². The second kappa shape index (κ2) is 7.93. The van der Waals surface area contributed by atoms with Crippen molar-refractivity contribution in [2.45, 2.75) is 25.1 Å². The van der Waals surface area contributed by atoms with E-state index in [1.165, 1.54) is 4.52 Å². The van der Waals surface area contributed by atoms with Crippen molar-refractivity contribution in [2.75, 3.05) is 41.8 Å². The number of aromatic nitrogens is 4. The highest BCUT2D eigenvalue weighted by Crippen LogP contribution is 2.33. The van der Waals surface area contributed by atoms with E-state index in [0.717, 1.165) is 25.0 Å². The van der Waals surface area contributed by atoms with Crippen molar-refractivity contribution < 1.29 is 22.7 Å². The Balaban J connectivity index is 1.45. The largest absolute Gasteiger partial charge is 0.416 e. The van der Waals surface area contributed by atoms with Gasteiger partial charge in [-0.25, -0.2) is 4.98 Å². The average molecular weight is 447 g/mol. The topological polar surface area (TPSA) is 96.7 Å². The minimum atomic E-state index is -4.53. The Morgan fingerprint density at radius 1 is 1.19 bits per heavy atom. The molecular weight excluding hydrogens is 427 g/mol. The molecule has 2 aliphatic rings. The minimum absolute atomic E-state index is 0.0159. The number of rotatable bonds is 5. The predicted octanol–water partition coefficient (Wildman–Crippen LogP) is 2.81. The van der Waals surface area contributed by atoms with E-state index in [0.29, 0.717) is 37.7 Å². The number of alkyl halides is 3. The van der Waals surface area contributed by atoms with Crippen molar-refractivity contribution in [2.24, 2.45) is 0 Å². The van der Waals surface area contributed by atoms with Crippen LogP contribution in [0.2, 0.25) is 0 Å². The third kappa shape index (κ3) is 4.17. The van der Waals surface area contributed by atoms with Crippen molar-refractivity contribution in [3.05, 3.63) is 41.6 Å². The lowest BCUT2D eigenvalue weighted by Gasteiger charge is -2.28. The Labute approximate surface area is 180 Å². The van der Waals surface area contributed by atoms with Gasteiger partial charge >= 0.3 is 6.18 Å². The lowest BCUT2D eigenvalue weighted by Crippen LogP contribution is -2.38. The van der Waals surface area contributed by atoms with Crippen molar-refractivity contribution >= 4 is 29.1 Å². The number of amides is 1. The summed E-state index contributed by atoms with van der Waals surface area (Å²) in [6, 6.07) is 5.29. The highest BCUT2D eigenvalue weighted by molar-refractivity contribution is 6.06. The molecule has 5 rings (SSSR count). The van der Waals surface area contributed by atoms with E-state index < -0.39 is 17.6 Å². The van der Waals surface area contributed by atoms with Crippen LogP contribution in [0.15, 0.2) is 30.5 Å². The van der Waals surface area contributed by atoms with Gasteiger partial charge in [0.1, 0.15) is 11.6 Å². The van der Waals surface area contributed by atoms with Crippen LogP contribution < -0.4 is 15.5 Å². The molecule has 1 aliphatic heterocycles. The summed E-state index contributed by atoms with van der Waals surface area (Å²) in [5, 5.41) is 9.85. The molecule has 32 heavy (non-hydrogen) atoms. The molecule has 1 amide bonds. The molecule has 0 radical (unpaired) electrons. The van der Waals surface area contributed by atoms with Crippen LogP contribution in [0.4, 0.5) is 30.8 Å². The number of anilines is 3. The molecule has 168 valence electrons. The summed E-state index contributed by atoms with van der Waals surface area (Å²) in [7, 11) is 0. The molecule has 0 bridgehead atoms. The third-order valence-corrected chi connectivity index (χ3v) is 5.26. The first kappa shape index (κ1) is 20.5. The molecule has 0 aromatic carbocycles. The summed E-state index contributed by atoms with van der Waals surface area (Å²) >= 11 is 0. The Bertz CT molecular complexity index is 1150. The lowest BCUT2D eigenvalue weighted by molar-refractivity contribution is -0.137. The molecular formula is C20H20F3N7O2. The van der Waals surface area contributed by atoms with Crippen LogP contribution in [0.3, 0.4) is 0 Å². The van der Waals surface area contributed by atoms with Crippen LogP contribution in [-0.4, -0.2) is 57.8 Å². The molecule has 3 aromatic heterocycles. The number of nitrogens with one attached hydrogen (secondary N) is 2. The van der Waals surface area contributed by atoms with Gasteiger partial charge in [0.25, 0.3) is 5.91 Å². The lowest BCUT2D eigenvalue weighted by atomic mass is 10.2. The number of carbonyl (C=O) groups is 1. The monoisotopic (exact) mass is 447 g/mol. The van der Waals surface area contributed by atoms with E-state index in [1.807, 2.05) is 4.90 Å². The van der Waals surface area contributed by atoms with E-state index in [2.05, 4.69) is 25.7 Å². The van der Waals surface area contributed by atoms with Crippen molar-refractivity contribution in [1.82, 2.24) is 19.6 Å². The van der Waals surface area contributed by atoms with Crippen LogP contribution in [0, 0.1) is 0 Å². The first-order valence-electron chi connectivity index (χ1n) is 10.2. The smallest absolute Gasteiger partial charge is 0.378 e. The van der Waals surface area contributed by atoms with Crippen LogP contribution in [0.5, 0.6) is 0 Å². The van der Waals surface area contributed by atoms with Gasteiger partial charge < -0.3 is 15.0 Å². The Morgan fingerprint density at radius 3 is 2.69 bits per heavy atom. The summed E-state index contributed by atoms with van der Waals surface area (Å²) in [4.78, 5) is 23.3. The van der Waals surface area contributed by atoms with Gasteiger partial charge in [-0.05, 0) is 37.1 Å². The van der Waals surface area contributed by atoms with E-state index in [1.54, 1.807) is 18.3 Å². The molecule has 9 nitrogen and oxygen atoms in total. The maximum Gasteiger partial charge on any atom is 0.416 e. The molecule has 0 spiro atoms. The van der Waals surface area contributed by atoms with Crippen LogP contribution >= 0.6 is 0 Å². The first-order chi connectivity index (χ1) is 15.4. The molecule has 12 heteroatoms. The zero-order valence-corrected chi connectivity index (χ0v) is 16.9. The minimum Gasteiger partial charge on any atom is -0.378 e. The van der Waals surface area contributed by atoms with E-state index in [-0.39, 0.29) is 23.5 Å². The molecule has 1 saturated heterocycles. The van der Waals surface area contributed by atoms with Gasteiger partial charge in [-0.1, -0.05) is 0 Å². The fourth-order valence-electron chi connectivity index (χ4n) is 3.51. The van der Waals surface area contributed by atoms with E-state index in [4.69, 9.17) is 4.74 Å². The van der Waals surface area contributed by atoms with Gasteiger partial charge in [-0.3, -0.25) is 10.1 Å². The first-order valence-corrected chi connectivity index (χ1v) is 10.2. The number of morpholine rings is 1. The molecule has 0 unspecified atom stereocenters. The predicted molar refractivity (Wildman–Crippen MR) is 110 cm³/mol. The zero-order valence-electron chi connectivity index (χ0n) is 16.9. The highest BCUT2D eigenvalue weighted by atomic mass is 19.4. The van der Waals surface area contributed by atoms with Gasteiger partial charge in [0, 0.05) is 25.3 Å². The molecule has 4 heterocycles. The number of carbonyl (C=O) groups excluding carboxylic acids is 1. The SMILES string of the molecule is O=C(Nc1nc2cc(C(F)(F)F)cc(NC3CC3)n2n1)c1cccnc1N1CCOCC1. The van der Waals surface area contributed by atoms with Crippen molar-refractivity contribution in [3.63, 3.8) is 0 Å². The summed E-state index contributed by atoms with van der Waals surface area (Å²) in [5.74, 6) is 0.0985. The van der Waals surface area contributed by atoms with Gasteiger partial charge in [0.05, 0.1) is 24.3 Å². The third-order valence-electron chi connectivity index (χ3n) is 5.26. The summed E-state index contributed by atoms with van der Waals surface area (Å²) in [5.41, 5.74) is -0.529. The Morgan fingerprint density at radius 2 is 1.97 bits per heavy atom. The molecule has 3 aromatic rings. The Kier molecular flexibility index (Phi) is 5.08. The molecule has 2 fully saturated rings. The zero-order chi connectivity index (χ0) is 22.3. The molecule has 2 N–H and O–H groups in total. The van der Waals surface area contributed by atoms with Crippen LogP contribution in [-0.2, 0) is 10.9 Å². The van der Waals surface area contributed by atoms with Gasteiger partial charge in [-0.15, -0.1) is 5.10 Å². The van der Waals surface area contributed by atoms with Crippen molar-refractivity contribution in [3.8, 4) is 0 Å². The van der Waals surface area contributed by atoms with Crippen LogP contribution in [0.1, 0.15) is 28.8 Å². The average Bonchev–Trinajstić information content (AvgIpc) is 3.50. The summed E-state index contributed by atoms with van der Waals surface area (Å²) in [6.07, 6.45) is -1.18. The fourth-order valence-corrected chi connectivity index (χ4v) is 3.51. The fraction of sp³-hybridized carbons (Fsp3) is 0.400. The van der Waals surface area contributed by atoms with Gasteiger partial charge in [-0.2, -0.15) is 22.7 Å². The van der Waals surface area contributed by atoms with Crippen molar-refractivity contribution in [1.29, 1.82) is 0 Å². The quantitative estimate of drug-likeness (QED) is 0.621. The second-order valence-electron chi connectivity index (χ2n) is 7.68. The van der Waals surface area contributed by atoms with E-state index in [9.17, 15) is 18.0 Å². The number of hydrogen-bond donors (Lipinski definition) is 2. The normalized spacial score (nSPS) is 16.9.